The molecule has 1 amide bonds. The maximum absolute atomic E-state index is 12.4. The average Bonchev–Trinajstić information content (AvgIpc) is 2.77. The van der Waals surface area contributed by atoms with Crippen molar-refractivity contribution in [2.75, 3.05) is 5.32 Å². The van der Waals surface area contributed by atoms with E-state index in [4.69, 9.17) is 0 Å². The summed E-state index contributed by atoms with van der Waals surface area (Å²) in [6, 6.07) is 3.44. The SMILES string of the molecule is Cc1nc(OC(F)(F)F)c(C(=O)Nc2ccc(C(F)(F)F)cc2)s1. The van der Waals surface area contributed by atoms with E-state index in [1.165, 1.54) is 6.92 Å². The van der Waals surface area contributed by atoms with Crippen molar-refractivity contribution in [3.05, 3.63) is 39.7 Å². The Balaban J connectivity index is 2.18. The molecule has 24 heavy (non-hydrogen) atoms. The summed E-state index contributed by atoms with van der Waals surface area (Å²) in [6.45, 7) is 1.38. The Labute approximate surface area is 135 Å². The molecule has 0 atom stereocenters. The van der Waals surface area contributed by atoms with Crippen LogP contribution in [0, 0.1) is 6.92 Å². The lowest BCUT2D eigenvalue weighted by Gasteiger charge is -2.09. The molecule has 2 rings (SSSR count). The lowest BCUT2D eigenvalue weighted by Crippen LogP contribution is -2.20. The van der Waals surface area contributed by atoms with Crippen LogP contribution in [0.2, 0.25) is 0 Å². The number of alkyl halides is 6. The number of amides is 1. The molecule has 1 aromatic heterocycles. The number of halogens is 6. The topological polar surface area (TPSA) is 51.2 Å². The first-order valence-corrected chi connectivity index (χ1v) is 6.99. The van der Waals surface area contributed by atoms with Crippen molar-refractivity contribution in [2.45, 2.75) is 19.5 Å². The molecule has 11 heteroatoms. The highest BCUT2D eigenvalue weighted by Crippen LogP contribution is 2.32. The molecular formula is C13H8F6N2O2S. The Morgan fingerprint density at radius 3 is 2.21 bits per heavy atom. The molecule has 0 radical (unpaired) electrons. The van der Waals surface area contributed by atoms with Gasteiger partial charge in [-0.1, -0.05) is 0 Å². The average molecular weight is 370 g/mol. The highest BCUT2D eigenvalue weighted by atomic mass is 32.1. The van der Waals surface area contributed by atoms with Crippen molar-refractivity contribution < 1.29 is 35.9 Å². The number of anilines is 1. The normalized spacial score (nSPS) is 12.1. The quantitative estimate of drug-likeness (QED) is 0.802. The predicted octanol–water partition coefficient (Wildman–Crippen LogP) is 4.62. The van der Waals surface area contributed by atoms with E-state index < -0.39 is 34.8 Å². The number of thiazole rings is 1. The van der Waals surface area contributed by atoms with Crippen LogP contribution in [0.15, 0.2) is 24.3 Å². The second-order valence-electron chi connectivity index (χ2n) is 4.44. The number of benzene rings is 1. The number of aromatic nitrogens is 1. The van der Waals surface area contributed by atoms with E-state index >= 15 is 0 Å². The molecule has 1 N–H and O–H groups in total. The fraction of sp³-hybridized carbons (Fsp3) is 0.231. The van der Waals surface area contributed by atoms with E-state index in [0.717, 1.165) is 24.3 Å². The number of nitrogens with zero attached hydrogens (tertiary/aromatic N) is 1. The Kier molecular flexibility index (Phi) is 4.74. The van der Waals surface area contributed by atoms with Crippen LogP contribution < -0.4 is 10.1 Å². The van der Waals surface area contributed by atoms with E-state index in [1.807, 2.05) is 0 Å². The number of hydrogen-bond donors (Lipinski definition) is 1. The number of carbonyl (C=O) groups is 1. The summed E-state index contributed by atoms with van der Waals surface area (Å²) in [5.74, 6) is -1.88. The third kappa shape index (κ3) is 4.60. The summed E-state index contributed by atoms with van der Waals surface area (Å²) in [4.78, 5) is 15.0. The Morgan fingerprint density at radius 2 is 1.71 bits per heavy atom. The zero-order valence-electron chi connectivity index (χ0n) is 11.7. The smallest absolute Gasteiger partial charge is 0.386 e. The van der Waals surface area contributed by atoms with Crippen molar-refractivity contribution in [2.24, 2.45) is 0 Å². The lowest BCUT2D eigenvalue weighted by atomic mass is 10.2. The molecule has 130 valence electrons. The summed E-state index contributed by atoms with van der Waals surface area (Å²) < 4.78 is 77.8. The monoisotopic (exact) mass is 370 g/mol. The third-order valence-corrected chi connectivity index (χ3v) is 3.54. The molecule has 0 saturated heterocycles. The molecule has 1 aromatic carbocycles. The van der Waals surface area contributed by atoms with Gasteiger partial charge in [0.1, 0.15) is 0 Å². The van der Waals surface area contributed by atoms with E-state index in [9.17, 15) is 31.1 Å². The summed E-state index contributed by atoms with van der Waals surface area (Å²) in [6.07, 6.45) is -9.56. The van der Waals surface area contributed by atoms with Gasteiger partial charge in [0.25, 0.3) is 5.91 Å². The minimum Gasteiger partial charge on any atom is -0.386 e. The van der Waals surface area contributed by atoms with E-state index in [2.05, 4.69) is 15.0 Å². The van der Waals surface area contributed by atoms with Gasteiger partial charge in [0.15, 0.2) is 4.88 Å². The summed E-state index contributed by atoms with van der Waals surface area (Å²) >= 11 is 0.662. The highest BCUT2D eigenvalue weighted by Gasteiger charge is 2.35. The minimum atomic E-state index is -5.02. The molecule has 0 aliphatic heterocycles. The van der Waals surface area contributed by atoms with Crippen LogP contribution in [0.3, 0.4) is 0 Å². The van der Waals surface area contributed by atoms with E-state index in [1.54, 1.807) is 0 Å². The van der Waals surface area contributed by atoms with E-state index in [0.29, 0.717) is 11.3 Å². The molecule has 4 nitrogen and oxygen atoms in total. The van der Waals surface area contributed by atoms with Gasteiger partial charge < -0.3 is 10.1 Å². The van der Waals surface area contributed by atoms with Crippen molar-refractivity contribution in [3.63, 3.8) is 0 Å². The lowest BCUT2D eigenvalue weighted by molar-refractivity contribution is -0.276. The summed E-state index contributed by atoms with van der Waals surface area (Å²) in [5.41, 5.74) is -0.938. The Bertz CT molecular complexity index is 736. The maximum Gasteiger partial charge on any atom is 0.574 e. The number of hydrogen-bond acceptors (Lipinski definition) is 4. The molecule has 0 unspecified atom stereocenters. The van der Waals surface area contributed by atoms with Gasteiger partial charge in [-0.05, 0) is 31.2 Å². The van der Waals surface area contributed by atoms with Crippen LogP contribution in [0.1, 0.15) is 20.2 Å². The maximum atomic E-state index is 12.4. The minimum absolute atomic E-state index is 0.0167. The van der Waals surface area contributed by atoms with Crippen molar-refractivity contribution in [3.8, 4) is 5.88 Å². The van der Waals surface area contributed by atoms with Crippen LogP contribution in [0.25, 0.3) is 0 Å². The molecule has 0 fully saturated rings. The van der Waals surface area contributed by atoms with Gasteiger partial charge in [0.05, 0.1) is 10.6 Å². The van der Waals surface area contributed by atoms with Gasteiger partial charge in [-0.15, -0.1) is 24.5 Å². The summed E-state index contributed by atoms with van der Waals surface area (Å²) in [7, 11) is 0. The molecule has 1 heterocycles. The van der Waals surface area contributed by atoms with Crippen LogP contribution >= 0.6 is 11.3 Å². The molecule has 0 aliphatic carbocycles. The van der Waals surface area contributed by atoms with Crippen LogP contribution in [-0.4, -0.2) is 17.3 Å². The Hall–Kier alpha value is -2.30. The number of aryl methyl sites for hydroxylation is 1. The Morgan fingerprint density at radius 1 is 1.12 bits per heavy atom. The van der Waals surface area contributed by atoms with Crippen molar-refractivity contribution >= 4 is 22.9 Å². The van der Waals surface area contributed by atoms with Crippen LogP contribution in [0.4, 0.5) is 32.0 Å². The zero-order chi connectivity index (χ0) is 18.1. The van der Waals surface area contributed by atoms with E-state index in [-0.39, 0.29) is 10.7 Å². The molecular weight excluding hydrogens is 362 g/mol. The predicted molar refractivity (Wildman–Crippen MR) is 72.9 cm³/mol. The number of rotatable bonds is 3. The second-order valence-corrected chi connectivity index (χ2v) is 5.65. The molecule has 0 spiro atoms. The first kappa shape index (κ1) is 18.0. The second kappa shape index (κ2) is 6.30. The highest BCUT2D eigenvalue weighted by molar-refractivity contribution is 7.14. The van der Waals surface area contributed by atoms with Crippen molar-refractivity contribution in [1.82, 2.24) is 4.98 Å². The van der Waals surface area contributed by atoms with Crippen LogP contribution in [0.5, 0.6) is 5.88 Å². The fourth-order valence-electron chi connectivity index (χ4n) is 1.66. The largest absolute Gasteiger partial charge is 0.574 e. The summed E-state index contributed by atoms with van der Waals surface area (Å²) in [5, 5.41) is 2.35. The first-order chi connectivity index (χ1) is 11.0. The fourth-order valence-corrected chi connectivity index (χ4v) is 2.40. The van der Waals surface area contributed by atoms with Gasteiger partial charge in [-0.25, -0.2) is 4.98 Å². The van der Waals surface area contributed by atoms with Crippen LogP contribution in [-0.2, 0) is 6.18 Å². The number of nitrogens with one attached hydrogen (secondary N) is 1. The zero-order valence-corrected chi connectivity index (χ0v) is 12.6. The third-order valence-electron chi connectivity index (χ3n) is 2.59. The number of carbonyl (C=O) groups excluding carboxylic acids is 1. The standard InChI is InChI=1S/C13H8F6N2O2S/c1-6-20-11(23-13(17,18)19)9(24-6)10(22)21-8-4-2-7(3-5-8)12(14,15)16/h2-5H,1H3,(H,21,22). The van der Waals surface area contributed by atoms with Crippen molar-refractivity contribution in [1.29, 1.82) is 0 Å². The van der Waals surface area contributed by atoms with Gasteiger partial charge in [0, 0.05) is 5.69 Å². The molecule has 0 saturated carbocycles. The molecule has 0 aliphatic rings. The van der Waals surface area contributed by atoms with Gasteiger partial charge in [-0.3, -0.25) is 4.79 Å². The number of ether oxygens (including phenoxy) is 1. The van der Waals surface area contributed by atoms with Gasteiger partial charge in [-0.2, -0.15) is 13.2 Å². The first-order valence-electron chi connectivity index (χ1n) is 6.17. The van der Waals surface area contributed by atoms with Gasteiger partial charge >= 0.3 is 12.5 Å². The molecule has 2 aromatic rings. The molecule has 0 bridgehead atoms. The van der Waals surface area contributed by atoms with Gasteiger partial charge in [0.2, 0.25) is 5.88 Å².